The Morgan fingerprint density at radius 3 is 2.14 bits per heavy atom. The van der Waals surface area contributed by atoms with Gasteiger partial charge in [-0.2, -0.15) is 5.10 Å². The first-order valence-corrected chi connectivity index (χ1v) is 20.4. The monoisotopic (exact) mass is 771 g/mol. The summed E-state index contributed by atoms with van der Waals surface area (Å²) in [6.45, 7) is 6.05. The molecule has 300 valence electrons. The number of piperazine rings is 1. The van der Waals surface area contributed by atoms with Crippen molar-refractivity contribution in [1.82, 2.24) is 35.1 Å². The average molecular weight is 772 g/mol. The lowest BCUT2D eigenvalue weighted by molar-refractivity contribution is -0.142. The van der Waals surface area contributed by atoms with E-state index in [1.807, 2.05) is 24.0 Å². The van der Waals surface area contributed by atoms with Crippen molar-refractivity contribution in [3.8, 4) is 0 Å². The van der Waals surface area contributed by atoms with Crippen LogP contribution in [0.25, 0.3) is 10.8 Å². The number of carbonyl (C=O) groups is 4. The highest BCUT2D eigenvalue weighted by molar-refractivity contribution is 5.95. The molecule has 2 unspecified atom stereocenters. The Bertz CT molecular complexity index is 1930. The lowest BCUT2D eigenvalue weighted by atomic mass is 9.83. The standard InChI is InChI=1S/C42H54FN7O6/c1-28(47-17-13-31(14-18-47)56-32-15-19-48(20-16-32)42(55)38(44-27-51)30-7-3-2-4-8-30)40(53)49-21-23-50(24-22-49)41(54)35-25-29(11-12-36(35)43)26-37-33-9-5-6-10-34(33)39(52)46-45-37/h5-6,9-12,25,27-28,30-32,38H,2-4,7-8,13-24,26H2,1H3,(H,44,51)(H,46,52). The van der Waals surface area contributed by atoms with Crippen molar-refractivity contribution < 1.29 is 28.3 Å². The van der Waals surface area contributed by atoms with Gasteiger partial charge in [0.05, 0.1) is 34.9 Å². The maximum Gasteiger partial charge on any atom is 0.272 e. The second-order valence-corrected chi connectivity index (χ2v) is 15.9. The predicted molar refractivity (Wildman–Crippen MR) is 208 cm³/mol. The van der Waals surface area contributed by atoms with E-state index in [9.17, 15) is 24.0 Å². The fourth-order valence-corrected chi connectivity index (χ4v) is 9.10. The maximum absolute atomic E-state index is 15.0. The molecule has 7 rings (SSSR count). The van der Waals surface area contributed by atoms with Crippen LogP contribution in [-0.4, -0.2) is 131 Å². The molecular formula is C42H54FN7O6. The summed E-state index contributed by atoms with van der Waals surface area (Å²) in [6, 6.07) is 10.9. The Balaban J connectivity index is 0.847. The number of ether oxygens (including phenoxy) is 1. The van der Waals surface area contributed by atoms with Gasteiger partial charge in [0.1, 0.15) is 11.9 Å². The number of amides is 4. The molecule has 4 heterocycles. The Morgan fingerprint density at radius 1 is 0.839 bits per heavy atom. The van der Waals surface area contributed by atoms with Gasteiger partial charge >= 0.3 is 0 Å². The molecule has 3 saturated heterocycles. The summed E-state index contributed by atoms with van der Waals surface area (Å²) in [6.07, 6.45) is 9.74. The van der Waals surface area contributed by atoms with Crippen molar-refractivity contribution in [3.63, 3.8) is 0 Å². The van der Waals surface area contributed by atoms with Crippen LogP contribution in [0.15, 0.2) is 47.3 Å². The minimum absolute atomic E-state index is 0.0244. The van der Waals surface area contributed by atoms with Crippen LogP contribution in [0, 0.1) is 11.7 Å². The quantitative estimate of drug-likeness (QED) is 0.282. The topological polar surface area (TPSA) is 148 Å². The number of hydrogen-bond donors (Lipinski definition) is 2. The van der Waals surface area contributed by atoms with Gasteiger partial charge in [0.2, 0.25) is 18.2 Å². The smallest absolute Gasteiger partial charge is 0.272 e. The second-order valence-electron chi connectivity index (χ2n) is 15.9. The van der Waals surface area contributed by atoms with E-state index in [-0.39, 0.29) is 47.1 Å². The number of aromatic nitrogens is 2. The highest BCUT2D eigenvalue weighted by Crippen LogP contribution is 2.29. The largest absolute Gasteiger partial charge is 0.375 e. The number of benzene rings is 2. The van der Waals surface area contributed by atoms with Gasteiger partial charge in [0.15, 0.2) is 0 Å². The van der Waals surface area contributed by atoms with Gasteiger partial charge in [-0.15, -0.1) is 0 Å². The fraction of sp³-hybridized carbons (Fsp3) is 0.571. The van der Waals surface area contributed by atoms with Crippen LogP contribution >= 0.6 is 0 Å². The number of halogens is 1. The highest BCUT2D eigenvalue weighted by atomic mass is 19.1. The summed E-state index contributed by atoms with van der Waals surface area (Å²) < 4.78 is 21.5. The summed E-state index contributed by atoms with van der Waals surface area (Å²) in [7, 11) is 0. The number of aromatic amines is 1. The maximum atomic E-state index is 15.0. The number of hydrogen-bond acceptors (Lipinski definition) is 8. The van der Waals surface area contributed by atoms with Crippen LogP contribution in [-0.2, 0) is 25.5 Å². The van der Waals surface area contributed by atoms with Crippen molar-refractivity contribution >= 4 is 34.9 Å². The van der Waals surface area contributed by atoms with Crippen LogP contribution in [0.2, 0.25) is 0 Å². The average Bonchev–Trinajstić information content (AvgIpc) is 3.24. The van der Waals surface area contributed by atoms with Crippen LogP contribution in [0.1, 0.15) is 86.3 Å². The van der Waals surface area contributed by atoms with Crippen molar-refractivity contribution in [2.24, 2.45) is 5.92 Å². The van der Waals surface area contributed by atoms with Crippen molar-refractivity contribution in [2.75, 3.05) is 52.4 Å². The van der Waals surface area contributed by atoms with Crippen LogP contribution in [0.4, 0.5) is 4.39 Å². The SMILES string of the molecule is CC(C(=O)N1CCN(C(=O)c2cc(Cc3n[nH]c(=O)c4ccccc34)ccc2F)CC1)N1CCC(OC2CCN(C(=O)C(NC=O)C3CCCCC3)CC2)CC1. The van der Waals surface area contributed by atoms with Gasteiger partial charge in [0.25, 0.3) is 11.5 Å². The summed E-state index contributed by atoms with van der Waals surface area (Å²) in [5.41, 5.74) is 1.02. The van der Waals surface area contributed by atoms with Crippen LogP contribution in [0.3, 0.4) is 0 Å². The van der Waals surface area contributed by atoms with Crippen molar-refractivity contribution in [3.05, 3.63) is 75.5 Å². The summed E-state index contributed by atoms with van der Waals surface area (Å²) in [5, 5.41) is 10.8. The molecule has 2 aromatic carbocycles. The molecule has 2 atom stereocenters. The van der Waals surface area contributed by atoms with E-state index in [0.29, 0.717) is 74.1 Å². The number of likely N-dealkylation sites (tertiary alicyclic amines) is 2. The first-order chi connectivity index (χ1) is 27.2. The summed E-state index contributed by atoms with van der Waals surface area (Å²) in [5.74, 6) is -0.746. The normalized spacial score (nSPS) is 20.5. The zero-order chi connectivity index (χ0) is 39.2. The minimum atomic E-state index is -0.607. The number of nitrogens with one attached hydrogen (secondary N) is 2. The number of H-pyrrole nitrogens is 1. The molecule has 4 fully saturated rings. The number of nitrogens with zero attached hydrogens (tertiary/aromatic N) is 5. The third-order valence-corrected chi connectivity index (χ3v) is 12.4. The molecule has 56 heavy (non-hydrogen) atoms. The first-order valence-electron chi connectivity index (χ1n) is 20.4. The van der Waals surface area contributed by atoms with Gasteiger partial charge in [-0.05, 0) is 75.1 Å². The molecule has 0 bridgehead atoms. The van der Waals surface area contributed by atoms with Gasteiger partial charge in [-0.3, -0.25) is 28.9 Å². The third kappa shape index (κ3) is 8.96. The molecule has 14 heteroatoms. The molecular weight excluding hydrogens is 718 g/mol. The molecule has 4 aliphatic rings. The third-order valence-electron chi connectivity index (χ3n) is 12.4. The lowest BCUT2D eigenvalue weighted by Crippen LogP contribution is -2.56. The van der Waals surface area contributed by atoms with E-state index in [1.165, 1.54) is 12.5 Å². The molecule has 1 aromatic heterocycles. The Hall–Kier alpha value is -4.69. The molecule has 13 nitrogen and oxygen atoms in total. The Kier molecular flexibility index (Phi) is 12.7. The zero-order valence-corrected chi connectivity index (χ0v) is 32.3. The van der Waals surface area contributed by atoms with Gasteiger partial charge < -0.3 is 24.8 Å². The molecule has 3 aliphatic heterocycles. The number of piperidine rings is 2. The highest BCUT2D eigenvalue weighted by Gasteiger charge is 2.36. The lowest BCUT2D eigenvalue weighted by Gasteiger charge is -2.41. The van der Waals surface area contributed by atoms with E-state index in [4.69, 9.17) is 4.74 Å². The second kappa shape index (κ2) is 18.1. The Morgan fingerprint density at radius 2 is 1.46 bits per heavy atom. The molecule has 0 spiro atoms. The van der Waals surface area contributed by atoms with Crippen molar-refractivity contribution in [1.29, 1.82) is 0 Å². The molecule has 1 saturated carbocycles. The van der Waals surface area contributed by atoms with E-state index in [1.54, 1.807) is 34.1 Å². The molecule has 3 aromatic rings. The zero-order valence-electron chi connectivity index (χ0n) is 32.3. The minimum Gasteiger partial charge on any atom is -0.375 e. The van der Waals surface area contributed by atoms with E-state index in [2.05, 4.69) is 20.4 Å². The molecule has 2 N–H and O–H groups in total. The number of carbonyl (C=O) groups excluding carboxylic acids is 4. The van der Waals surface area contributed by atoms with E-state index < -0.39 is 17.8 Å². The summed E-state index contributed by atoms with van der Waals surface area (Å²) in [4.78, 5) is 71.5. The first kappa shape index (κ1) is 39.5. The number of fused-ring (bicyclic) bond motifs is 1. The van der Waals surface area contributed by atoms with Crippen LogP contribution < -0.4 is 10.9 Å². The van der Waals surface area contributed by atoms with Crippen molar-refractivity contribution in [2.45, 2.75) is 95.4 Å². The molecule has 1 aliphatic carbocycles. The van der Waals surface area contributed by atoms with Gasteiger partial charge in [-0.1, -0.05) is 43.5 Å². The van der Waals surface area contributed by atoms with E-state index in [0.717, 1.165) is 64.5 Å². The summed E-state index contributed by atoms with van der Waals surface area (Å²) >= 11 is 0. The van der Waals surface area contributed by atoms with Gasteiger partial charge in [0, 0.05) is 64.2 Å². The molecule has 4 amide bonds. The number of rotatable bonds is 11. The van der Waals surface area contributed by atoms with Crippen LogP contribution in [0.5, 0.6) is 0 Å². The Labute approximate surface area is 326 Å². The molecule has 0 radical (unpaired) electrons. The fourth-order valence-electron chi connectivity index (χ4n) is 9.10. The van der Waals surface area contributed by atoms with E-state index >= 15 is 4.39 Å². The van der Waals surface area contributed by atoms with Gasteiger partial charge in [-0.25, -0.2) is 9.49 Å². The predicted octanol–water partition coefficient (Wildman–Crippen LogP) is 3.49.